The summed E-state index contributed by atoms with van der Waals surface area (Å²) in [7, 11) is -3.94. The Balaban J connectivity index is 1.65. The lowest BCUT2D eigenvalue weighted by Gasteiger charge is -2.29. The van der Waals surface area contributed by atoms with E-state index in [4.69, 9.17) is 21.2 Å². The third-order valence-electron chi connectivity index (χ3n) is 4.53. The van der Waals surface area contributed by atoms with Crippen LogP contribution in [0.2, 0.25) is 0 Å². The first kappa shape index (κ1) is 19.9. The molecule has 1 saturated heterocycles. The summed E-state index contributed by atoms with van der Waals surface area (Å²) in [6, 6.07) is 13.8. The number of morpholine rings is 1. The number of ether oxygens (including phenoxy) is 1. The molecule has 1 aliphatic heterocycles. The van der Waals surface area contributed by atoms with Crippen molar-refractivity contribution in [2.24, 2.45) is 15.9 Å². The van der Waals surface area contributed by atoms with Gasteiger partial charge in [0, 0.05) is 24.2 Å². The molecule has 1 fully saturated rings. The lowest BCUT2D eigenvalue weighted by Crippen LogP contribution is -2.37. The van der Waals surface area contributed by atoms with Crippen LogP contribution in [0.1, 0.15) is 0 Å². The van der Waals surface area contributed by atoms with Gasteiger partial charge in [0.15, 0.2) is 0 Å². The van der Waals surface area contributed by atoms with Gasteiger partial charge in [-0.2, -0.15) is 13.4 Å². The van der Waals surface area contributed by atoms with Crippen LogP contribution in [0, 0.1) is 0 Å². The topological polar surface area (TPSA) is 149 Å². The van der Waals surface area contributed by atoms with Gasteiger partial charge < -0.3 is 26.4 Å². The minimum atomic E-state index is -3.94. The minimum absolute atomic E-state index is 0.0186. The summed E-state index contributed by atoms with van der Waals surface area (Å²) < 4.78 is 32.9. The molecular weight excluding hydrogens is 406 g/mol. The second-order valence-electron chi connectivity index (χ2n) is 6.63. The predicted molar refractivity (Wildman–Crippen MR) is 115 cm³/mol. The van der Waals surface area contributed by atoms with E-state index in [9.17, 15) is 8.42 Å². The number of para-hydroxylation sites is 1. The number of aromatic nitrogens is 2. The van der Waals surface area contributed by atoms with Gasteiger partial charge in [-0.25, -0.2) is 4.98 Å². The Bertz CT molecular complexity index is 1190. The molecule has 2 aromatic carbocycles. The first-order valence-electron chi connectivity index (χ1n) is 9.25. The molecule has 0 atom stereocenters. The van der Waals surface area contributed by atoms with E-state index in [1.165, 1.54) is 12.1 Å². The zero-order valence-corrected chi connectivity index (χ0v) is 16.8. The molecule has 1 aliphatic rings. The fraction of sp³-hybridized carbons (Fsp3) is 0.211. The van der Waals surface area contributed by atoms with Gasteiger partial charge in [-0.15, -0.1) is 4.40 Å². The average molecular weight is 427 g/mol. The summed E-state index contributed by atoms with van der Waals surface area (Å²) in [5.41, 5.74) is 11.8. The van der Waals surface area contributed by atoms with Gasteiger partial charge in [0.25, 0.3) is 10.0 Å². The van der Waals surface area contributed by atoms with E-state index in [0.29, 0.717) is 24.8 Å². The van der Waals surface area contributed by atoms with Crippen molar-refractivity contribution >= 4 is 44.3 Å². The van der Waals surface area contributed by atoms with Crippen molar-refractivity contribution in [3.63, 3.8) is 0 Å². The van der Waals surface area contributed by atoms with Crippen LogP contribution in [-0.4, -0.2) is 50.6 Å². The molecule has 30 heavy (non-hydrogen) atoms. The highest BCUT2D eigenvalue weighted by atomic mass is 32.2. The van der Waals surface area contributed by atoms with Crippen molar-refractivity contribution in [1.29, 1.82) is 0 Å². The van der Waals surface area contributed by atoms with Crippen LogP contribution < -0.4 is 21.7 Å². The van der Waals surface area contributed by atoms with Crippen LogP contribution in [0.25, 0.3) is 10.9 Å². The van der Waals surface area contributed by atoms with Crippen molar-refractivity contribution in [1.82, 2.24) is 9.97 Å². The number of nitrogens with two attached hydrogens (primary N) is 2. The second-order valence-corrected chi connectivity index (χ2v) is 8.23. The number of sulfonamides is 1. The highest BCUT2D eigenvalue weighted by Gasteiger charge is 2.18. The molecule has 0 spiro atoms. The van der Waals surface area contributed by atoms with Crippen LogP contribution in [0.5, 0.6) is 0 Å². The van der Waals surface area contributed by atoms with Gasteiger partial charge in [0.1, 0.15) is 5.82 Å². The number of benzene rings is 2. The van der Waals surface area contributed by atoms with Crippen molar-refractivity contribution in [3.05, 3.63) is 48.5 Å². The van der Waals surface area contributed by atoms with Crippen molar-refractivity contribution in [2.45, 2.75) is 4.90 Å². The first-order valence-corrected chi connectivity index (χ1v) is 10.7. The average Bonchev–Trinajstić information content (AvgIpc) is 2.73. The van der Waals surface area contributed by atoms with E-state index < -0.39 is 16.0 Å². The van der Waals surface area contributed by atoms with Crippen LogP contribution in [-0.2, 0) is 14.8 Å². The monoisotopic (exact) mass is 427 g/mol. The van der Waals surface area contributed by atoms with Gasteiger partial charge in [-0.05, 0) is 36.4 Å². The molecule has 0 aliphatic carbocycles. The minimum Gasteiger partial charge on any atom is -0.378 e. The van der Waals surface area contributed by atoms with Crippen molar-refractivity contribution in [2.75, 3.05) is 36.5 Å². The van der Waals surface area contributed by atoms with Crippen LogP contribution in [0.4, 0.5) is 17.5 Å². The Kier molecular flexibility index (Phi) is 5.38. The summed E-state index contributed by atoms with van der Waals surface area (Å²) in [4.78, 5) is 11.4. The quantitative estimate of drug-likeness (QED) is 0.403. The van der Waals surface area contributed by atoms with Gasteiger partial charge in [-0.1, -0.05) is 12.1 Å². The number of anilines is 3. The molecule has 11 heteroatoms. The molecular formula is C19H21N7O3S. The van der Waals surface area contributed by atoms with E-state index in [-0.39, 0.29) is 4.90 Å². The van der Waals surface area contributed by atoms with E-state index in [1.807, 2.05) is 24.3 Å². The Morgan fingerprint density at radius 1 is 1.03 bits per heavy atom. The highest BCUT2D eigenvalue weighted by Crippen LogP contribution is 2.27. The lowest BCUT2D eigenvalue weighted by molar-refractivity contribution is 0.122. The molecule has 1 aromatic heterocycles. The highest BCUT2D eigenvalue weighted by molar-refractivity contribution is 7.90. The Hall–Kier alpha value is -3.44. The van der Waals surface area contributed by atoms with Crippen LogP contribution in [0.15, 0.2) is 57.8 Å². The summed E-state index contributed by atoms with van der Waals surface area (Å²) in [5.74, 6) is 0.728. The van der Waals surface area contributed by atoms with E-state index in [1.54, 1.807) is 12.1 Å². The Morgan fingerprint density at radius 3 is 2.43 bits per heavy atom. The predicted octanol–water partition coefficient (Wildman–Crippen LogP) is 1.17. The van der Waals surface area contributed by atoms with Gasteiger partial charge in [-0.3, -0.25) is 0 Å². The molecule has 10 nitrogen and oxygen atoms in total. The molecule has 156 valence electrons. The molecule has 0 radical (unpaired) electrons. The van der Waals surface area contributed by atoms with Gasteiger partial charge in [0.2, 0.25) is 11.9 Å². The van der Waals surface area contributed by atoms with E-state index in [2.05, 4.69) is 19.6 Å². The maximum Gasteiger partial charge on any atom is 0.285 e. The maximum absolute atomic E-state index is 12.1. The largest absolute Gasteiger partial charge is 0.378 e. The fourth-order valence-corrected chi connectivity index (χ4v) is 4.03. The molecule has 3 aromatic rings. The maximum atomic E-state index is 12.1. The number of rotatable bonds is 5. The smallest absolute Gasteiger partial charge is 0.285 e. The van der Waals surface area contributed by atoms with Gasteiger partial charge >= 0.3 is 0 Å². The SMILES string of the molecule is NC(N)=NS(=O)(=O)c1ccc(Nc2nc(N3CCOCC3)c3ccccc3n2)cc1. The molecule has 0 unspecified atom stereocenters. The zero-order chi connectivity index (χ0) is 21.1. The van der Waals surface area contributed by atoms with Crippen molar-refractivity contribution < 1.29 is 13.2 Å². The number of nitrogens with zero attached hydrogens (tertiary/aromatic N) is 4. The van der Waals surface area contributed by atoms with Crippen LogP contribution in [0.3, 0.4) is 0 Å². The summed E-state index contributed by atoms with van der Waals surface area (Å²) in [6.45, 7) is 2.79. The number of nitrogens with one attached hydrogen (secondary N) is 1. The molecule has 0 amide bonds. The van der Waals surface area contributed by atoms with Crippen molar-refractivity contribution in [3.8, 4) is 0 Å². The molecule has 0 saturated carbocycles. The fourth-order valence-electron chi connectivity index (χ4n) is 3.16. The number of hydrogen-bond donors (Lipinski definition) is 3. The lowest BCUT2D eigenvalue weighted by atomic mass is 10.2. The summed E-state index contributed by atoms with van der Waals surface area (Å²) in [6.07, 6.45) is 0. The standard InChI is InChI=1S/C19H21N7O3S/c20-18(21)25-30(27,28)14-7-5-13(6-8-14)22-19-23-16-4-2-1-3-15(16)17(24-19)26-9-11-29-12-10-26/h1-8H,9-12H2,(H4,20,21,25)(H,22,23,24). The normalized spacial score (nSPS) is 14.5. The van der Waals surface area contributed by atoms with E-state index >= 15 is 0 Å². The number of fused-ring (bicyclic) bond motifs is 1. The Morgan fingerprint density at radius 2 is 1.73 bits per heavy atom. The molecule has 5 N–H and O–H groups in total. The summed E-state index contributed by atoms with van der Waals surface area (Å²) in [5, 5.41) is 4.10. The first-order chi connectivity index (χ1) is 14.4. The molecule has 0 bridgehead atoms. The molecule has 4 rings (SSSR count). The second kappa shape index (κ2) is 8.13. The van der Waals surface area contributed by atoms with Crippen LogP contribution >= 0.6 is 0 Å². The number of guanidine groups is 1. The van der Waals surface area contributed by atoms with Gasteiger partial charge in [0.05, 0.1) is 23.6 Å². The summed E-state index contributed by atoms with van der Waals surface area (Å²) >= 11 is 0. The zero-order valence-electron chi connectivity index (χ0n) is 16.0. The third-order valence-corrected chi connectivity index (χ3v) is 5.85. The third kappa shape index (κ3) is 4.26. The number of hydrogen-bond acceptors (Lipinski definition) is 7. The molecule has 2 heterocycles. The Labute approximate surface area is 173 Å². The van der Waals surface area contributed by atoms with E-state index in [0.717, 1.165) is 29.8 Å².